The van der Waals surface area contributed by atoms with Crippen molar-refractivity contribution >= 4 is 29.5 Å². The molecule has 2 aromatic carbocycles. The Balaban J connectivity index is 1.61. The number of hydrogen-bond donors (Lipinski definition) is 4. The molecule has 0 bridgehead atoms. The van der Waals surface area contributed by atoms with Gasteiger partial charge in [0.1, 0.15) is 24.4 Å². The highest BCUT2D eigenvalue weighted by molar-refractivity contribution is 6.01. The Labute approximate surface area is 274 Å². The third kappa shape index (κ3) is 10.4. The van der Waals surface area contributed by atoms with Crippen LogP contribution >= 0.6 is 0 Å². The van der Waals surface area contributed by atoms with Crippen LogP contribution in [-0.4, -0.2) is 84.3 Å². The minimum absolute atomic E-state index is 0.0240. The van der Waals surface area contributed by atoms with Crippen LogP contribution in [0.2, 0.25) is 0 Å². The second-order valence-corrected chi connectivity index (χ2v) is 11.9. The van der Waals surface area contributed by atoms with E-state index in [-0.39, 0.29) is 36.9 Å². The lowest BCUT2D eigenvalue weighted by Crippen LogP contribution is -2.54. The molecule has 5 amide bonds. The van der Waals surface area contributed by atoms with Gasteiger partial charge in [-0.25, -0.2) is 0 Å². The van der Waals surface area contributed by atoms with Crippen molar-refractivity contribution in [1.29, 1.82) is 0 Å². The van der Waals surface area contributed by atoms with Gasteiger partial charge in [-0.15, -0.1) is 0 Å². The van der Waals surface area contributed by atoms with Crippen molar-refractivity contribution in [1.82, 2.24) is 31.2 Å². The van der Waals surface area contributed by atoms with Gasteiger partial charge in [-0.3, -0.25) is 29.0 Å². The Morgan fingerprint density at radius 2 is 1.62 bits per heavy atom. The van der Waals surface area contributed by atoms with Crippen molar-refractivity contribution in [2.75, 3.05) is 26.7 Å². The van der Waals surface area contributed by atoms with Gasteiger partial charge in [-0.2, -0.15) is 0 Å². The predicted octanol–water partition coefficient (Wildman–Crippen LogP) is 1.65. The van der Waals surface area contributed by atoms with Crippen LogP contribution in [0.4, 0.5) is 0 Å². The molecule has 47 heavy (non-hydrogen) atoms. The van der Waals surface area contributed by atoms with Crippen molar-refractivity contribution in [3.63, 3.8) is 0 Å². The maximum atomic E-state index is 13.6. The summed E-state index contributed by atoms with van der Waals surface area (Å²) < 4.78 is 6.10. The van der Waals surface area contributed by atoms with E-state index in [1.54, 1.807) is 50.5 Å². The molecule has 0 fully saturated rings. The largest absolute Gasteiger partial charge is 0.491 e. The summed E-state index contributed by atoms with van der Waals surface area (Å²) >= 11 is 0. The molecular weight excluding hydrogens is 600 g/mol. The number of pyridine rings is 1. The van der Waals surface area contributed by atoms with Crippen molar-refractivity contribution in [2.24, 2.45) is 5.92 Å². The van der Waals surface area contributed by atoms with E-state index in [0.29, 0.717) is 12.8 Å². The zero-order chi connectivity index (χ0) is 33.8. The van der Waals surface area contributed by atoms with Crippen LogP contribution in [0, 0.1) is 5.92 Å². The van der Waals surface area contributed by atoms with Gasteiger partial charge in [0.2, 0.25) is 23.6 Å². The lowest BCUT2D eigenvalue weighted by Gasteiger charge is -2.28. The Hall–Kier alpha value is -5.26. The van der Waals surface area contributed by atoms with Gasteiger partial charge >= 0.3 is 0 Å². The van der Waals surface area contributed by atoms with E-state index >= 15 is 0 Å². The summed E-state index contributed by atoms with van der Waals surface area (Å²) in [5.41, 5.74) is 2.08. The average Bonchev–Trinajstić information content (AvgIpc) is 3.06. The molecule has 3 aromatic rings. The number of benzene rings is 2. The Morgan fingerprint density at radius 3 is 2.34 bits per heavy atom. The number of likely N-dealkylation sites (N-methyl/N-ethyl adjacent to an activating group) is 1. The summed E-state index contributed by atoms with van der Waals surface area (Å²) in [5.74, 6) is -2.73. The zero-order valence-corrected chi connectivity index (χ0v) is 26.9. The molecule has 3 atom stereocenters. The van der Waals surface area contributed by atoms with Crippen molar-refractivity contribution in [2.45, 2.75) is 51.2 Å². The first-order valence-electron chi connectivity index (χ1n) is 15.7. The maximum Gasteiger partial charge on any atom is 0.255 e. The molecule has 1 aliphatic rings. The molecule has 1 aromatic heterocycles. The number of fused-ring (bicyclic) bond motifs is 1. The van der Waals surface area contributed by atoms with Crippen LogP contribution < -0.4 is 26.0 Å². The van der Waals surface area contributed by atoms with Crippen LogP contribution in [-0.2, 0) is 32.0 Å². The van der Waals surface area contributed by atoms with Gasteiger partial charge in [0.05, 0.1) is 24.6 Å². The molecule has 0 spiro atoms. The number of nitrogens with zero attached hydrogens (tertiary/aromatic N) is 2. The minimum atomic E-state index is -1.25. The molecule has 2 heterocycles. The molecule has 0 saturated heterocycles. The molecule has 0 aliphatic carbocycles. The summed E-state index contributed by atoms with van der Waals surface area (Å²) in [6.45, 7) is 3.58. The number of carbonyl (C=O) groups is 5. The van der Waals surface area contributed by atoms with Gasteiger partial charge in [0.25, 0.3) is 5.91 Å². The topological polar surface area (TPSA) is 159 Å². The first-order valence-corrected chi connectivity index (χ1v) is 15.7. The number of hydrogen-bond acceptors (Lipinski definition) is 7. The summed E-state index contributed by atoms with van der Waals surface area (Å²) in [4.78, 5) is 72.2. The SMILES string of the molecule is CC(C)[C@@H]1NC(=O)C[C@@H](C(=O)NCCc2ccncc2)NC(=O)c2ccccc2OC[C@@H](Cc2ccccc2)NC(=O)CN(C)C1=O. The lowest BCUT2D eigenvalue weighted by molar-refractivity contribution is -0.139. The van der Waals surface area contributed by atoms with E-state index < -0.39 is 54.1 Å². The first-order chi connectivity index (χ1) is 22.6. The number of aromatic nitrogens is 1. The molecular formula is C35H42N6O6. The highest BCUT2D eigenvalue weighted by atomic mass is 16.5. The molecule has 0 unspecified atom stereocenters. The van der Waals surface area contributed by atoms with E-state index in [0.717, 1.165) is 11.1 Å². The Bertz CT molecular complexity index is 1530. The fraction of sp³-hybridized carbons (Fsp3) is 0.371. The highest BCUT2D eigenvalue weighted by Crippen LogP contribution is 2.19. The smallest absolute Gasteiger partial charge is 0.255 e. The van der Waals surface area contributed by atoms with E-state index in [4.69, 9.17) is 4.74 Å². The van der Waals surface area contributed by atoms with Gasteiger partial charge in [0, 0.05) is 26.0 Å². The quantitative estimate of drug-likeness (QED) is 0.305. The van der Waals surface area contributed by atoms with Gasteiger partial charge in [0.15, 0.2) is 0 Å². The number of ether oxygens (including phenoxy) is 1. The van der Waals surface area contributed by atoms with Crippen LogP contribution in [0.15, 0.2) is 79.1 Å². The standard InChI is InChI=1S/C35H42N6O6/c1-23(2)32-35(46)41(3)21-31(43)38-26(19-25-9-5-4-6-10-25)22-47-29-12-8-7-11-27(29)33(44)39-28(20-30(42)40-32)34(45)37-18-15-24-13-16-36-17-14-24/h4-14,16-17,23,26,28,32H,15,18-22H2,1-3H3,(H,37,45)(H,38,43)(H,39,44)(H,40,42)/t26-,28+,32+/m1/s1. The first kappa shape index (κ1) is 34.6. The molecule has 248 valence electrons. The van der Waals surface area contributed by atoms with E-state index in [1.807, 2.05) is 42.5 Å². The summed E-state index contributed by atoms with van der Waals surface area (Å²) in [5, 5.41) is 11.2. The van der Waals surface area contributed by atoms with Crippen molar-refractivity contribution in [3.8, 4) is 5.75 Å². The number of para-hydroxylation sites is 1. The van der Waals surface area contributed by atoms with Crippen LogP contribution in [0.5, 0.6) is 5.75 Å². The Morgan fingerprint density at radius 1 is 0.915 bits per heavy atom. The van der Waals surface area contributed by atoms with E-state index in [9.17, 15) is 24.0 Å². The normalized spacial score (nSPS) is 19.8. The lowest BCUT2D eigenvalue weighted by atomic mass is 10.0. The summed E-state index contributed by atoms with van der Waals surface area (Å²) in [6, 6.07) is 17.1. The minimum Gasteiger partial charge on any atom is -0.491 e. The van der Waals surface area contributed by atoms with Crippen molar-refractivity contribution < 1.29 is 28.7 Å². The Kier molecular flexibility index (Phi) is 12.4. The predicted molar refractivity (Wildman–Crippen MR) is 175 cm³/mol. The molecule has 12 heteroatoms. The highest BCUT2D eigenvalue weighted by Gasteiger charge is 2.31. The average molecular weight is 643 g/mol. The number of carbonyl (C=O) groups excluding carboxylic acids is 5. The van der Waals surface area contributed by atoms with Gasteiger partial charge in [-0.1, -0.05) is 56.3 Å². The van der Waals surface area contributed by atoms with E-state index in [2.05, 4.69) is 26.3 Å². The molecule has 0 saturated carbocycles. The van der Waals surface area contributed by atoms with Crippen LogP contribution in [0.25, 0.3) is 0 Å². The summed E-state index contributed by atoms with van der Waals surface area (Å²) in [6.07, 6.45) is 3.85. The molecule has 4 N–H and O–H groups in total. The number of nitrogens with one attached hydrogen (secondary N) is 4. The fourth-order valence-corrected chi connectivity index (χ4v) is 5.20. The molecule has 4 rings (SSSR count). The molecule has 0 radical (unpaired) electrons. The molecule has 12 nitrogen and oxygen atoms in total. The maximum absolute atomic E-state index is 13.6. The summed E-state index contributed by atoms with van der Waals surface area (Å²) in [7, 11) is 1.50. The third-order valence-corrected chi connectivity index (χ3v) is 7.74. The number of amides is 5. The van der Waals surface area contributed by atoms with Crippen LogP contribution in [0.3, 0.4) is 0 Å². The van der Waals surface area contributed by atoms with Gasteiger partial charge < -0.3 is 30.9 Å². The zero-order valence-electron chi connectivity index (χ0n) is 26.9. The fourth-order valence-electron chi connectivity index (χ4n) is 5.20. The van der Waals surface area contributed by atoms with E-state index in [1.165, 1.54) is 11.9 Å². The number of rotatable bonds is 7. The van der Waals surface area contributed by atoms with Crippen LogP contribution in [0.1, 0.15) is 41.8 Å². The second-order valence-electron chi connectivity index (χ2n) is 11.9. The third-order valence-electron chi connectivity index (χ3n) is 7.74. The second kappa shape index (κ2) is 16.9. The molecule has 1 aliphatic heterocycles. The van der Waals surface area contributed by atoms with Gasteiger partial charge in [-0.05, 0) is 54.2 Å². The monoisotopic (exact) mass is 642 g/mol. The van der Waals surface area contributed by atoms with Crippen molar-refractivity contribution in [3.05, 3.63) is 95.8 Å².